The second-order valence-electron chi connectivity index (χ2n) is 8.32. The number of rotatable bonds is 4. The minimum atomic E-state index is -4.94. The normalized spacial score (nSPS) is 8.37. The standard InChI is InChI=1S/2C15H11N3.ClHO4.3N3.2Ni.2H2O/c2*1-3-10-16-12(6-1)14-8-5-9-15(18-14)13-7-2-4-11-17-13;2-1(3,4)5;3*1-3-2;;;;/h2*1-11H;(H,2,3,4,5);;;;;;2*1H2/q;;;3*-1;2*+2;;. The summed E-state index contributed by atoms with van der Waals surface area (Å²) in [6.45, 7) is 0. The Morgan fingerprint density at radius 1 is 0.370 bits per heavy atom. The first-order valence-corrected chi connectivity index (χ1v) is 14.5. The van der Waals surface area contributed by atoms with E-state index in [9.17, 15) is 0 Å². The predicted molar refractivity (Wildman–Crippen MR) is 180 cm³/mol. The maximum absolute atomic E-state index is 8.49. The van der Waals surface area contributed by atoms with Gasteiger partial charge >= 0.3 is 33.0 Å². The van der Waals surface area contributed by atoms with E-state index in [4.69, 9.17) is 51.8 Å². The average molecular weight is 846 g/mol. The minimum absolute atomic E-state index is 0. The summed E-state index contributed by atoms with van der Waals surface area (Å²) in [5.74, 6) is 0. The third kappa shape index (κ3) is 24.1. The SMILES string of the molecule is O.[N-]=[N+]=[N-].[N-]=[N+]=[N-].[N-]=[N+]=[N-].[Ni+2].[Ni+2].[O-][Cl+3]([O-])([O-])[O-].[OH3+].c1ccc(-c2cccc(-c3ccccn3)n2)nc1.c1ccc(-c2cccc(-c3ccccn3)n2)nc1. The average Bonchev–Trinajstić information content (AvgIpc) is 3.14. The second-order valence-corrected chi connectivity index (χ2v) is 9.08. The van der Waals surface area contributed by atoms with Crippen LogP contribution in [0.4, 0.5) is 0 Å². The molecule has 0 aliphatic heterocycles. The fourth-order valence-corrected chi connectivity index (χ4v) is 3.50. The molecule has 54 heavy (non-hydrogen) atoms. The van der Waals surface area contributed by atoms with Crippen LogP contribution in [0.1, 0.15) is 0 Å². The van der Waals surface area contributed by atoms with Crippen molar-refractivity contribution in [2.75, 3.05) is 0 Å². The van der Waals surface area contributed by atoms with Gasteiger partial charge in [0.05, 0.1) is 45.6 Å². The van der Waals surface area contributed by atoms with E-state index < -0.39 is 10.2 Å². The van der Waals surface area contributed by atoms with Crippen LogP contribution in [0.5, 0.6) is 0 Å². The van der Waals surface area contributed by atoms with Crippen molar-refractivity contribution in [3.8, 4) is 45.6 Å². The van der Waals surface area contributed by atoms with Crippen LogP contribution in [0.15, 0.2) is 134 Å². The molecule has 0 spiro atoms. The van der Waals surface area contributed by atoms with E-state index in [2.05, 4.69) is 29.9 Å². The van der Waals surface area contributed by atoms with Gasteiger partial charge in [-0.05, 0) is 72.8 Å². The van der Waals surface area contributed by atoms with E-state index >= 15 is 0 Å². The van der Waals surface area contributed by atoms with Crippen LogP contribution in [0, 0.1) is 10.2 Å². The molecule has 0 fully saturated rings. The molecule has 0 saturated heterocycles. The summed E-state index contributed by atoms with van der Waals surface area (Å²) in [5.41, 5.74) is 47.4. The van der Waals surface area contributed by atoms with E-state index in [1.54, 1.807) is 24.8 Å². The number of pyridine rings is 6. The second kappa shape index (κ2) is 32.8. The molecule has 6 aromatic rings. The molecule has 0 amide bonds. The van der Waals surface area contributed by atoms with Gasteiger partial charge in [-0.2, -0.15) is 0 Å². The summed E-state index contributed by atoms with van der Waals surface area (Å²) in [6.07, 6.45) is 7.07. The predicted octanol–water partition coefficient (Wildman–Crippen LogP) is 2.50. The smallest absolute Gasteiger partial charge is 0.457 e. The van der Waals surface area contributed by atoms with Crippen molar-refractivity contribution in [3.05, 3.63) is 182 Å². The van der Waals surface area contributed by atoms with Gasteiger partial charge in [0.15, 0.2) is 0 Å². The third-order valence-corrected chi connectivity index (χ3v) is 5.21. The molecule has 0 saturated carbocycles. The molecule has 0 aliphatic rings. The molecule has 21 nitrogen and oxygen atoms in total. The molecule has 6 rings (SSSR count). The van der Waals surface area contributed by atoms with Crippen LogP contribution in [-0.4, -0.2) is 35.4 Å². The zero-order valence-corrected chi connectivity index (χ0v) is 29.9. The monoisotopic (exact) mass is 844 g/mol. The zero-order chi connectivity index (χ0) is 37.0. The molecule has 284 valence electrons. The number of aromatic nitrogens is 6. The Hall–Kier alpha value is -6.13. The zero-order valence-electron chi connectivity index (χ0n) is 27.1. The fourth-order valence-electron chi connectivity index (χ4n) is 3.50. The summed E-state index contributed by atoms with van der Waals surface area (Å²) in [4.78, 5) is 30.9. The Morgan fingerprint density at radius 2 is 0.537 bits per heavy atom. The van der Waals surface area contributed by atoms with Gasteiger partial charge < -0.3 is 44.1 Å². The molecule has 6 heterocycles. The van der Waals surface area contributed by atoms with Gasteiger partial charge in [0, 0.05) is 24.8 Å². The van der Waals surface area contributed by atoms with Crippen LogP contribution in [-0.2, 0) is 38.5 Å². The van der Waals surface area contributed by atoms with E-state index in [0.29, 0.717) is 0 Å². The molecule has 6 aromatic heterocycles. The van der Waals surface area contributed by atoms with Crippen molar-refractivity contribution in [1.82, 2.24) is 29.9 Å². The number of halogens is 1. The largest absolute Gasteiger partial charge is 2.00 e. The number of hydrogen-bond donors (Lipinski definition) is 0. The molecule has 0 unspecified atom stereocenters. The van der Waals surface area contributed by atoms with Crippen molar-refractivity contribution < 1.29 is 72.8 Å². The Morgan fingerprint density at radius 3 is 0.685 bits per heavy atom. The maximum atomic E-state index is 8.49. The molecule has 0 bridgehead atoms. The van der Waals surface area contributed by atoms with Crippen molar-refractivity contribution in [2.24, 2.45) is 0 Å². The van der Waals surface area contributed by atoms with E-state index in [-0.39, 0.29) is 43.9 Å². The first-order chi connectivity index (χ1) is 24.1. The van der Waals surface area contributed by atoms with Gasteiger partial charge in [-0.1, -0.05) is 36.4 Å². The van der Waals surface area contributed by atoms with E-state index in [1.807, 2.05) is 109 Å². The van der Waals surface area contributed by atoms with Gasteiger partial charge in [0.2, 0.25) is 0 Å². The van der Waals surface area contributed by atoms with Gasteiger partial charge in [0.1, 0.15) is 0 Å². The van der Waals surface area contributed by atoms with Crippen LogP contribution in [0.2, 0.25) is 0 Å². The van der Waals surface area contributed by atoms with Gasteiger partial charge in [-0.15, -0.1) is 10.2 Å². The van der Waals surface area contributed by atoms with E-state index in [0.717, 1.165) is 45.6 Å². The Bertz CT molecular complexity index is 1680. The molecule has 0 aliphatic carbocycles. The molecule has 24 heteroatoms. The molecule has 5 N–H and O–H groups in total. The van der Waals surface area contributed by atoms with Crippen LogP contribution >= 0.6 is 0 Å². The summed E-state index contributed by atoms with van der Waals surface area (Å²) in [5, 5.41) is 0. The van der Waals surface area contributed by atoms with Crippen LogP contribution in [0.3, 0.4) is 0 Å². The summed E-state index contributed by atoms with van der Waals surface area (Å²) in [6, 6.07) is 35.0. The fraction of sp³-hybridized carbons (Fsp3) is 0. The number of nitrogens with zero attached hydrogens (tertiary/aromatic N) is 15. The van der Waals surface area contributed by atoms with Crippen molar-refractivity contribution >= 4 is 0 Å². The molecule has 0 atom stereocenters. The molecule has 0 radical (unpaired) electrons. The molecular formula is C30H27ClN15Ni2O6+. The Balaban J connectivity index is -0.000000328. The van der Waals surface area contributed by atoms with Gasteiger partial charge in [0.25, 0.3) is 0 Å². The molecule has 0 aromatic carbocycles. The number of hydrogen-bond acceptors (Lipinski definition) is 10. The van der Waals surface area contributed by atoms with Crippen LogP contribution < -0.4 is 18.6 Å². The Labute approximate surface area is 329 Å². The van der Waals surface area contributed by atoms with Crippen molar-refractivity contribution in [3.63, 3.8) is 0 Å². The van der Waals surface area contributed by atoms with Crippen LogP contribution in [0.25, 0.3) is 93.5 Å². The first-order valence-electron chi connectivity index (χ1n) is 13.3. The van der Waals surface area contributed by atoms with Gasteiger partial charge in [-0.25, -0.2) is 28.6 Å². The third-order valence-electron chi connectivity index (χ3n) is 5.21. The van der Waals surface area contributed by atoms with Crippen molar-refractivity contribution in [1.29, 1.82) is 0 Å². The quantitative estimate of drug-likeness (QED) is 0.0820. The Kier molecular flexibility index (Phi) is 33.1. The van der Waals surface area contributed by atoms with Gasteiger partial charge in [-0.3, -0.25) is 34.7 Å². The molecular weight excluding hydrogens is 819 g/mol. The minimum Gasteiger partial charge on any atom is -0.457 e. The van der Waals surface area contributed by atoms with Crippen molar-refractivity contribution in [2.45, 2.75) is 0 Å². The van der Waals surface area contributed by atoms with E-state index in [1.165, 1.54) is 14.7 Å². The summed E-state index contributed by atoms with van der Waals surface area (Å²) >= 11 is 0. The topological polar surface area (TPSA) is 410 Å². The maximum Gasteiger partial charge on any atom is 2.00 e. The summed E-state index contributed by atoms with van der Waals surface area (Å²) in [7, 11) is -4.94. The first kappa shape index (κ1) is 54.6. The summed E-state index contributed by atoms with van der Waals surface area (Å²) < 4.78 is 34.0.